The Hall–Kier alpha value is 1.44. The van der Waals surface area contributed by atoms with Gasteiger partial charge in [0.05, 0.1) is 0 Å². The third-order valence-corrected chi connectivity index (χ3v) is 2.18. The fourth-order valence-corrected chi connectivity index (χ4v) is 1.61. The van der Waals surface area contributed by atoms with Gasteiger partial charge < -0.3 is 9.79 Å². The van der Waals surface area contributed by atoms with Crippen molar-refractivity contribution >= 4 is 54.7 Å². The van der Waals surface area contributed by atoms with Crippen molar-refractivity contribution in [2.45, 2.75) is 0 Å². The van der Waals surface area contributed by atoms with Gasteiger partial charge in [0, 0.05) is 12.0 Å². The molecule has 60 valence electrons. The van der Waals surface area contributed by atoms with Crippen molar-refractivity contribution in [1.82, 2.24) is 0 Å². The molecular weight excluding hydrogens is 225 g/mol. The average Bonchev–Trinajstić information content (AvgIpc) is 1.30. The molecule has 0 aliphatic heterocycles. The third-order valence-electron chi connectivity index (χ3n) is 0.376. The van der Waals surface area contributed by atoms with Crippen molar-refractivity contribution in [2.75, 3.05) is 12.0 Å². The summed E-state index contributed by atoms with van der Waals surface area (Å²) in [6.07, 6.45) is 0.143. The SMILES string of the molecule is Cl.Cl.OP(O)(=S)CCCl. The highest BCUT2D eigenvalue weighted by Crippen LogP contribution is 2.34. The second kappa shape index (κ2) is 7.55. The van der Waals surface area contributed by atoms with Crippen LogP contribution in [0, 0.1) is 0 Å². The molecule has 0 aromatic rings. The van der Waals surface area contributed by atoms with Crippen LogP contribution in [-0.4, -0.2) is 21.8 Å². The zero-order chi connectivity index (χ0) is 5.91. The van der Waals surface area contributed by atoms with Gasteiger partial charge in [0.15, 0.2) is 6.49 Å². The lowest BCUT2D eigenvalue weighted by Gasteiger charge is -2.00. The molecule has 0 rings (SSSR count). The van der Waals surface area contributed by atoms with Crippen molar-refractivity contribution in [3.63, 3.8) is 0 Å². The van der Waals surface area contributed by atoms with Crippen LogP contribution in [0.2, 0.25) is 0 Å². The summed E-state index contributed by atoms with van der Waals surface area (Å²) >= 11 is 9.35. The molecule has 2 N–H and O–H groups in total. The molecule has 0 radical (unpaired) electrons. The molecule has 0 saturated carbocycles. The molecule has 0 aliphatic carbocycles. The van der Waals surface area contributed by atoms with Crippen LogP contribution in [0.25, 0.3) is 0 Å². The molecule has 0 aliphatic rings. The standard InChI is InChI=1S/C2H6ClO2PS.2ClH/c3-1-2-6(4,5)7;;/h1-2H2,(H2,4,5,7);2*1H. The Morgan fingerprint density at radius 2 is 1.67 bits per heavy atom. The second-order valence-electron chi connectivity index (χ2n) is 1.08. The van der Waals surface area contributed by atoms with Crippen molar-refractivity contribution < 1.29 is 9.79 Å². The molecule has 0 unspecified atom stereocenters. The van der Waals surface area contributed by atoms with Gasteiger partial charge in [0.1, 0.15) is 0 Å². The van der Waals surface area contributed by atoms with Gasteiger partial charge in [-0.1, -0.05) is 0 Å². The Morgan fingerprint density at radius 3 is 1.67 bits per heavy atom. The fourth-order valence-electron chi connectivity index (χ4n) is 0.110. The smallest absolute Gasteiger partial charge is 0.184 e. The van der Waals surface area contributed by atoms with Crippen LogP contribution in [0.15, 0.2) is 0 Å². The van der Waals surface area contributed by atoms with Gasteiger partial charge in [0.25, 0.3) is 0 Å². The monoisotopic (exact) mass is 232 g/mol. The molecule has 0 aromatic heterocycles. The van der Waals surface area contributed by atoms with Crippen molar-refractivity contribution in [1.29, 1.82) is 0 Å². The van der Waals surface area contributed by atoms with E-state index in [2.05, 4.69) is 11.8 Å². The molecule has 0 heterocycles. The van der Waals surface area contributed by atoms with Gasteiger partial charge >= 0.3 is 0 Å². The van der Waals surface area contributed by atoms with Gasteiger partial charge in [-0.15, -0.1) is 36.4 Å². The first-order valence-corrected chi connectivity index (χ1v) is 5.09. The van der Waals surface area contributed by atoms with Gasteiger partial charge in [-0.2, -0.15) is 0 Å². The highest BCUT2D eigenvalue weighted by Gasteiger charge is 2.03. The van der Waals surface area contributed by atoms with E-state index in [9.17, 15) is 0 Å². The zero-order valence-electron chi connectivity index (χ0n) is 4.36. The molecular formula is C2H8Cl3O2PS. The Bertz CT molecular complexity index is 93.8. The highest BCUT2D eigenvalue weighted by molar-refractivity contribution is 8.09. The molecule has 0 aromatic carbocycles. The molecule has 0 atom stereocenters. The van der Waals surface area contributed by atoms with Gasteiger partial charge in [-0.3, -0.25) is 0 Å². The van der Waals surface area contributed by atoms with E-state index < -0.39 is 6.49 Å². The molecule has 9 heavy (non-hydrogen) atoms. The minimum atomic E-state index is -2.96. The van der Waals surface area contributed by atoms with E-state index in [1.807, 2.05) is 0 Å². The largest absolute Gasteiger partial charge is 0.345 e. The summed E-state index contributed by atoms with van der Waals surface area (Å²) in [6.45, 7) is -2.96. The first kappa shape index (κ1) is 16.8. The maximum atomic E-state index is 8.41. The number of hydrogen-bond acceptors (Lipinski definition) is 1. The maximum absolute atomic E-state index is 8.41. The van der Waals surface area contributed by atoms with Crippen LogP contribution >= 0.6 is 42.9 Å². The molecule has 2 nitrogen and oxygen atoms in total. The zero-order valence-corrected chi connectivity index (χ0v) is 8.46. The average molecular weight is 233 g/mol. The Labute approximate surface area is 76.6 Å². The fraction of sp³-hybridized carbons (Fsp3) is 1.00. The maximum Gasteiger partial charge on any atom is 0.184 e. The molecule has 0 bridgehead atoms. The van der Waals surface area contributed by atoms with E-state index in [4.69, 9.17) is 21.4 Å². The first-order valence-electron chi connectivity index (χ1n) is 1.67. The lowest BCUT2D eigenvalue weighted by molar-refractivity contribution is 0.481. The predicted octanol–water partition coefficient (Wildman–Crippen LogP) is 1.36. The van der Waals surface area contributed by atoms with Gasteiger partial charge in [0.2, 0.25) is 0 Å². The molecule has 0 saturated heterocycles. The Morgan fingerprint density at radius 1 is 1.33 bits per heavy atom. The second-order valence-corrected chi connectivity index (χ2v) is 4.99. The van der Waals surface area contributed by atoms with Crippen LogP contribution in [-0.2, 0) is 11.8 Å². The molecule has 0 amide bonds. The predicted molar refractivity (Wildman–Crippen MR) is 48.8 cm³/mol. The Kier molecular flexibility index (Phi) is 14.1. The number of rotatable bonds is 2. The first-order chi connectivity index (χ1) is 3.06. The highest BCUT2D eigenvalue weighted by atomic mass is 35.5. The van der Waals surface area contributed by atoms with E-state index in [0.29, 0.717) is 0 Å². The summed E-state index contributed by atoms with van der Waals surface area (Å²) in [5, 5.41) is 0. The topological polar surface area (TPSA) is 40.5 Å². The summed E-state index contributed by atoms with van der Waals surface area (Å²) in [7, 11) is 0. The summed E-state index contributed by atoms with van der Waals surface area (Å²) < 4.78 is 0. The van der Waals surface area contributed by atoms with Crippen molar-refractivity contribution in [2.24, 2.45) is 0 Å². The summed E-state index contributed by atoms with van der Waals surface area (Å²) in [5.74, 6) is 0.226. The van der Waals surface area contributed by atoms with Crippen LogP contribution < -0.4 is 0 Å². The van der Waals surface area contributed by atoms with E-state index >= 15 is 0 Å². The molecule has 0 spiro atoms. The van der Waals surface area contributed by atoms with Gasteiger partial charge in [-0.25, -0.2) is 0 Å². The molecule has 7 heteroatoms. The normalized spacial score (nSPS) is 9.22. The van der Waals surface area contributed by atoms with Gasteiger partial charge in [-0.05, 0) is 11.8 Å². The van der Waals surface area contributed by atoms with Crippen LogP contribution in [0.3, 0.4) is 0 Å². The van der Waals surface area contributed by atoms with Crippen molar-refractivity contribution in [3.05, 3.63) is 0 Å². The minimum Gasteiger partial charge on any atom is -0.345 e. The van der Waals surface area contributed by atoms with E-state index in [1.54, 1.807) is 0 Å². The summed E-state index contributed by atoms with van der Waals surface area (Å²) in [6, 6.07) is 0. The lowest BCUT2D eigenvalue weighted by Crippen LogP contribution is -1.85. The quantitative estimate of drug-likeness (QED) is 0.559. The number of hydrogen-bond donors (Lipinski definition) is 2. The number of halogens is 3. The Balaban J connectivity index is -0.000000180. The van der Waals surface area contributed by atoms with E-state index in [-0.39, 0.29) is 36.9 Å². The summed E-state index contributed by atoms with van der Waals surface area (Å²) in [5.41, 5.74) is 0. The van der Waals surface area contributed by atoms with Crippen LogP contribution in [0.5, 0.6) is 0 Å². The van der Waals surface area contributed by atoms with E-state index in [1.165, 1.54) is 0 Å². The summed E-state index contributed by atoms with van der Waals surface area (Å²) in [4.78, 5) is 16.8. The van der Waals surface area contributed by atoms with Crippen LogP contribution in [0.4, 0.5) is 0 Å². The molecule has 0 fully saturated rings. The third kappa shape index (κ3) is 17.7. The minimum absolute atomic E-state index is 0. The number of alkyl halides is 1. The van der Waals surface area contributed by atoms with Crippen LogP contribution in [0.1, 0.15) is 0 Å². The van der Waals surface area contributed by atoms with Crippen molar-refractivity contribution in [3.8, 4) is 0 Å². The lowest BCUT2D eigenvalue weighted by atomic mass is 11.0. The van der Waals surface area contributed by atoms with E-state index in [0.717, 1.165) is 0 Å².